The van der Waals surface area contributed by atoms with Gasteiger partial charge in [0.15, 0.2) is 12.4 Å². The molecule has 0 spiro atoms. The first-order valence-electron chi connectivity index (χ1n) is 7.28. The fourth-order valence-corrected chi connectivity index (χ4v) is 3.53. The van der Waals surface area contributed by atoms with Crippen LogP contribution in [0.4, 0.5) is 0 Å². The Bertz CT molecular complexity index is 953. The number of hydrogen-bond acceptors (Lipinski definition) is 5. The second-order valence-corrected chi connectivity index (χ2v) is 6.81. The predicted octanol–water partition coefficient (Wildman–Crippen LogP) is 4.19. The van der Waals surface area contributed by atoms with Crippen LogP contribution in [0.25, 0.3) is 10.9 Å². The first-order valence-corrected chi connectivity index (χ1v) is 8.87. The largest absolute Gasteiger partial charge is 0.480 e. The number of nitrogens with zero attached hydrogens (tertiary/aromatic N) is 2. The number of ether oxygens (including phenoxy) is 1. The van der Waals surface area contributed by atoms with Crippen LogP contribution < -0.4 is 10.2 Å². The van der Waals surface area contributed by atoms with Gasteiger partial charge in [-0.15, -0.1) is 0 Å². The van der Waals surface area contributed by atoms with E-state index < -0.39 is 5.91 Å². The Kier molecular flexibility index (Phi) is 5.50. The van der Waals surface area contributed by atoms with Gasteiger partial charge in [-0.2, -0.15) is 5.10 Å². The Morgan fingerprint density at radius 1 is 1.36 bits per heavy atom. The van der Waals surface area contributed by atoms with Crippen LogP contribution in [0, 0.1) is 6.92 Å². The van der Waals surface area contributed by atoms with Crippen molar-refractivity contribution >= 4 is 54.9 Å². The van der Waals surface area contributed by atoms with Crippen molar-refractivity contribution in [3.63, 3.8) is 0 Å². The summed E-state index contributed by atoms with van der Waals surface area (Å²) in [6.07, 6.45) is 3.10. The van der Waals surface area contributed by atoms with Crippen LogP contribution >= 0.6 is 31.9 Å². The van der Waals surface area contributed by atoms with Crippen LogP contribution in [0.3, 0.4) is 0 Å². The number of halogens is 2. The number of benzene rings is 1. The average Bonchev–Trinajstić information content (AvgIpc) is 3.00. The number of hydrazone groups is 1. The predicted molar refractivity (Wildman–Crippen MR) is 102 cm³/mol. The molecule has 25 heavy (non-hydrogen) atoms. The third-order valence-electron chi connectivity index (χ3n) is 3.24. The molecule has 0 saturated heterocycles. The molecule has 1 aromatic carbocycles. The fraction of sp³-hybridized carbons (Fsp3) is 0.118. The normalized spacial score (nSPS) is 11.2. The molecule has 0 radical (unpaired) electrons. The number of amides is 1. The smallest absolute Gasteiger partial charge is 0.277 e. The van der Waals surface area contributed by atoms with E-state index >= 15 is 0 Å². The molecule has 2 aromatic heterocycles. The van der Waals surface area contributed by atoms with Gasteiger partial charge in [0.05, 0.1) is 10.7 Å². The Labute approximate surface area is 160 Å². The summed E-state index contributed by atoms with van der Waals surface area (Å²) >= 11 is 6.92. The van der Waals surface area contributed by atoms with Crippen LogP contribution in [0.5, 0.6) is 5.75 Å². The zero-order valence-electron chi connectivity index (χ0n) is 13.1. The lowest BCUT2D eigenvalue weighted by Gasteiger charge is -2.11. The fourth-order valence-electron chi connectivity index (χ4n) is 2.14. The molecular weight excluding hydrogens is 454 g/mol. The highest BCUT2D eigenvalue weighted by Crippen LogP contribution is 2.37. The summed E-state index contributed by atoms with van der Waals surface area (Å²) in [5, 5.41) is 4.73. The number of carbonyl (C=O) groups is 1. The van der Waals surface area contributed by atoms with Crippen molar-refractivity contribution in [2.75, 3.05) is 6.61 Å². The maximum atomic E-state index is 11.9. The molecule has 0 aliphatic rings. The number of aryl methyl sites for hydroxylation is 1. The molecule has 3 rings (SSSR count). The van der Waals surface area contributed by atoms with Gasteiger partial charge in [0.25, 0.3) is 5.91 Å². The second-order valence-electron chi connectivity index (χ2n) is 5.10. The van der Waals surface area contributed by atoms with Crippen molar-refractivity contribution in [2.24, 2.45) is 5.10 Å². The third kappa shape index (κ3) is 4.26. The Hall–Kier alpha value is -2.19. The van der Waals surface area contributed by atoms with E-state index in [4.69, 9.17) is 9.15 Å². The van der Waals surface area contributed by atoms with Crippen molar-refractivity contribution in [3.8, 4) is 5.75 Å². The van der Waals surface area contributed by atoms with Gasteiger partial charge in [0, 0.05) is 16.1 Å². The molecule has 0 fully saturated rings. The standard InChI is InChI=1S/C17H13Br2N3O3/c1-10-4-5-11(25-10)8-21-22-15(23)9-24-17-14(19)7-13(18)12-3-2-6-20-16(12)17/h2-8H,9H2,1H3,(H,22,23)/b21-8-. The number of pyridine rings is 1. The molecular formula is C17H13Br2N3O3. The zero-order chi connectivity index (χ0) is 17.8. The van der Waals surface area contributed by atoms with Gasteiger partial charge >= 0.3 is 0 Å². The molecule has 0 atom stereocenters. The van der Waals surface area contributed by atoms with Crippen molar-refractivity contribution in [3.05, 3.63) is 57.0 Å². The number of hydrogen-bond donors (Lipinski definition) is 1. The minimum absolute atomic E-state index is 0.194. The first kappa shape index (κ1) is 17.6. The van der Waals surface area contributed by atoms with Crippen molar-refractivity contribution < 1.29 is 13.9 Å². The summed E-state index contributed by atoms with van der Waals surface area (Å²) in [4.78, 5) is 16.2. The second kappa shape index (κ2) is 7.79. The summed E-state index contributed by atoms with van der Waals surface area (Å²) in [6.45, 7) is 1.64. The lowest BCUT2D eigenvalue weighted by atomic mass is 10.2. The summed E-state index contributed by atoms with van der Waals surface area (Å²) in [5.41, 5.74) is 3.05. The van der Waals surface area contributed by atoms with Gasteiger partial charge in [-0.25, -0.2) is 5.43 Å². The van der Waals surface area contributed by atoms with Gasteiger partial charge in [-0.1, -0.05) is 22.0 Å². The maximum Gasteiger partial charge on any atom is 0.277 e. The number of nitrogens with one attached hydrogen (secondary N) is 1. The van der Waals surface area contributed by atoms with Crippen LogP contribution in [0.2, 0.25) is 0 Å². The Morgan fingerprint density at radius 2 is 2.20 bits per heavy atom. The molecule has 0 aliphatic heterocycles. The molecule has 3 aromatic rings. The molecule has 1 N–H and O–H groups in total. The van der Waals surface area contributed by atoms with E-state index in [-0.39, 0.29) is 6.61 Å². The summed E-state index contributed by atoms with van der Waals surface area (Å²) < 4.78 is 12.5. The van der Waals surface area contributed by atoms with E-state index in [1.165, 1.54) is 6.21 Å². The maximum absolute atomic E-state index is 11.9. The third-order valence-corrected chi connectivity index (χ3v) is 4.49. The van der Waals surface area contributed by atoms with Gasteiger partial charge in [-0.3, -0.25) is 9.78 Å². The van der Waals surface area contributed by atoms with Gasteiger partial charge in [0.2, 0.25) is 0 Å². The van der Waals surface area contributed by atoms with Gasteiger partial charge in [0.1, 0.15) is 17.0 Å². The average molecular weight is 467 g/mol. The van der Waals surface area contributed by atoms with Crippen molar-refractivity contribution in [1.29, 1.82) is 0 Å². The molecule has 0 unspecified atom stereocenters. The van der Waals surface area contributed by atoms with Crippen molar-refractivity contribution in [1.82, 2.24) is 10.4 Å². The van der Waals surface area contributed by atoms with E-state index in [1.54, 1.807) is 12.3 Å². The number of aromatic nitrogens is 1. The molecule has 0 bridgehead atoms. The molecule has 1 amide bonds. The monoisotopic (exact) mass is 465 g/mol. The Morgan fingerprint density at radius 3 is 2.96 bits per heavy atom. The van der Waals surface area contributed by atoms with E-state index in [9.17, 15) is 4.79 Å². The number of carbonyl (C=O) groups excluding carboxylic acids is 1. The Balaban J connectivity index is 1.66. The summed E-state index contributed by atoms with van der Waals surface area (Å²) in [7, 11) is 0. The SMILES string of the molecule is Cc1ccc(/C=N\NC(=O)COc2c(Br)cc(Br)c3cccnc23)o1. The van der Waals surface area contributed by atoms with Crippen LogP contribution in [0.1, 0.15) is 11.5 Å². The van der Waals surface area contributed by atoms with E-state index in [0.717, 1.165) is 15.6 Å². The van der Waals surface area contributed by atoms with Gasteiger partial charge in [-0.05, 0) is 47.1 Å². The van der Waals surface area contributed by atoms with E-state index in [0.29, 0.717) is 21.5 Å². The molecule has 2 heterocycles. The quantitative estimate of drug-likeness (QED) is 0.451. The van der Waals surface area contributed by atoms with Crippen LogP contribution in [0.15, 0.2) is 55.0 Å². The minimum atomic E-state index is -0.390. The molecule has 6 nitrogen and oxygen atoms in total. The van der Waals surface area contributed by atoms with E-state index in [2.05, 4.69) is 47.4 Å². The van der Waals surface area contributed by atoms with E-state index in [1.807, 2.05) is 31.2 Å². The molecule has 0 aliphatic carbocycles. The molecule has 128 valence electrons. The van der Waals surface area contributed by atoms with Gasteiger partial charge < -0.3 is 9.15 Å². The minimum Gasteiger partial charge on any atom is -0.480 e. The first-order chi connectivity index (χ1) is 12.0. The van der Waals surface area contributed by atoms with Crippen molar-refractivity contribution in [2.45, 2.75) is 6.92 Å². The van der Waals surface area contributed by atoms with Crippen LogP contribution in [-0.4, -0.2) is 23.7 Å². The molecule has 8 heteroatoms. The highest BCUT2D eigenvalue weighted by atomic mass is 79.9. The lowest BCUT2D eigenvalue weighted by molar-refractivity contribution is -0.123. The summed E-state index contributed by atoms with van der Waals surface area (Å²) in [5.74, 6) is 1.44. The topological polar surface area (TPSA) is 76.7 Å². The molecule has 0 saturated carbocycles. The number of furan rings is 1. The zero-order valence-corrected chi connectivity index (χ0v) is 16.3. The summed E-state index contributed by atoms with van der Waals surface area (Å²) in [6, 6.07) is 9.19. The highest BCUT2D eigenvalue weighted by Gasteiger charge is 2.13. The number of rotatable bonds is 5. The van der Waals surface area contributed by atoms with Crippen LogP contribution in [-0.2, 0) is 4.79 Å². The lowest BCUT2D eigenvalue weighted by Crippen LogP contribution is -2.24. The number of fused-ring (bicyclic) bond motifs is 1. The highest BCUT2D eigenvalue weighted by molar-refractivity contribution is 9.11.